The van der Waals surface area contributed by atoms with Crippen LogP contribution in [0.2, 0.25) is 0 Å². The summed E-state index contributed by atoms with van der Waals surface area (Å²) in [7, 11) is 0. The Hall–Kier alpha value is -0.770. The topological polar surface area (TPSA) is 49.8 Å². The minimum absolute atomic E-state index is 0.0207. The number of piperidine rings is 1. The first-order chi connectivity index (χ1) is 11.2. The summed E-state index contributed by atoms with van der Waals surface area (Å²) >= 11 is 0. The van der Waals surface area contributed by atoms with Crippen LogP contribution in [-0.4, -0.2) is 40.9 Å². The minimum Gasteiger partial charge on any atom is -0.444 e. The van der Waals surface area contributed by atoms with Gasteiger partial charge in [0, 0.05) is 18.5 Å². The van der Waals surface area contributed by atoms with Crippen LogP contribution in [0.4, 0.5) is 4.79 Å². The summed E-state index contributed by atoms with van der Waals surface area (Å²) in [5.41, 5.74) is -0.473. The largest absolute Gasteiger partial charge is 0.444 e. The van der Waals surface area contributed by atoms with Crippen molar-refractivity contribution in [3.05, 3.63) is 0 Å². The van der Waals surface area contributed by atoms with Crippen LogP contribution in [0.1, 0.15) is 79.6 Å². The first-order valence-electron chi connectivity index (χ1n) is 9.82. The molecule has 1 aliphatic carbocycles. The zero-order chi connectivity index (χ0) is 18.0. The number of hydrogen-bond donors (Lipinski definition) is 1. The number of aliphatic hydroxyl groups excluding tert-OH is 1. The first kappa shape index (κ1) is 19.6. The van der Waals surface area contributed by atoms with Crippen molar-refractivity contribution < 1.29 is 14.6 Å². The highest BCUT2D eigenvalue weighted by molar-refractivity contribution is 5.68. The van der Waals surface area contributed by atoms with Gasteiger partial charge in [-0.15, -0.1) is 0 Å². The number of carbonyl (C=O) groups is 1. The highest BCUT2D eigenvalue weighted by atomic mass is 16.6. The van der Waals surface area contributed by atoms with Crippen molar-refractivity contribution in [2.24, 2.45) is 17.3 Å². The standard InChI is InChI=1S/C20H37NO3/c1-15(2)17(22)20(16-9-7-6-8-10-16)11-13-21(14-12-20)18(23)24-19(3,4)5/h15-17,22H,6-14H2,1-5H3. The van der Waals surface area contributed by atoms with Gasteiger partial charge in [0.25, 0.3) is 0 Å². The molecule has 1 amide bonds. The average molecular weight is 340 g/mol. The zero-order valence-electron chi connectivity index (χ0n) is 16.3. The van der Waals surface area contributed by atoms with Gasteiger partial charge in [0.1, 0.15) is 5.60 Å². The van der Waals surface area contributed by atoms with E-state index >= 15 is 0 Å². The second-order valence-corrected chi connectivity index (χ2v) is 9.22. The molecule has 1 saturated heterocycles. The van der Waals surface area contributed by atoms with Crippen LogP contribution >= 0.6 is 0 Å². The summed E-state index contributed by atoms with van der Waals surface area (Å²) < 4.78 is 5.52. The van der Waals surface area contributed by atoms with Gasteiger partial charge < -0.3 is 14.7 Å². The maximum Gasteiger partial charge on any atom is 0.410 e. The van der Waals surface area contributed by atoms with E-state index in [-0.39, 0.29) is 23.5 Å². The van der Waals surface area contributed by atoms with Crippen molar-refractivity contribution in [1.29, 1.82) is 0 Å². The van der Waals surface area contributed by atoms with Crippen molar-refractivity contribution >= 4 is 6.09 Å². The monoisotopic (exact) mass is 339 g/mol. The van der Waals surface area contributed by atoms with Crippen molar-refractivity contribution in [3.63, 3.8) is 0 Å². The van der Waals surface area contributed by atoms with E-state index in [0.717, 1.165) is 12.8 Å². The molecule has 2 aliphatic rings. The van der Waals surface area contributed by atoms with E-state index in [9.17, 15) is 9.90 Å². The maximum atomic E-state index is 12.3. The van der Waals surface area contributed by atoms with Crippen LogP contribution in [0, 0.1) is 17.3 Å². The van der Waals surface area contributed by atoms with Crippen LogP contribution in [0.25, 0.3) is 0 Å². The van der Waals surface area contributed by atoms with Gasteiger partial charge in [0.15, 0.2) is 0 Å². The second-order valence-electron chi connectivity index (χ2n) is 9.22. The third-order valence-electron chi connectivity index (χ3n) is 5.98. The number of carbonyl (C=O) groups excluding carboxylic acids is 1. The molecular weight excluding hydrogens is 302 g/mol. The number of rotatable bonds is 3. The molecule has 1 atom stereocenters. The van der Waals surface area contributed by atoms with Gasteiger partial charge in [-0.2, -0.15) is 0 Å². The van der Waals surface area contributed by atoms with Crippen LogP contribution in [0.15, 0.2) is 0 Å². The van der Waals surface area contributed by atoms with E-state index in [1.165, 1.54) is 32.1 Å². The summed E-state index contributed by atoms with van der Waals surface area (Å²) in [6.45, 7) is 11.4. The van der Waals surface area contributed by atoms with Crippen LogP contribution in [-0.2, 0) is 4.74 Å². The molecule has 2 rings (SSSR count). The maximum absolute atomic E-state index is 12.3. The van der Waals surface area contributed by atoms with E-state index in [2.05, 4.69) is 13.8 Å². The van der Waals surface area contributed by atoms with Crippen molar-refractivity contribution in [2.75, 3.05) is 13.1 Å². The molecule has 0 aromatic carbocycles. The summed E-state index contributed by atoms with van der Waals surface area (Å²) in [6.07, 6.45) is 7.67. The van der Waals surface area contributed by atoms with Crippen molar-refractivity contribution in [1.82, 2.24) is 4.90 Å². The Morgan fingerprint density at radius 2 is 1.67 bits per heavy atom. The molecule has 1 saturated carbocycles. The molecule has 1 heterocycles. The zero-order valence-corrected chi connectivity index (χ0v) is 16.3. The third kappa shape index (κ3) is 4.44. The summed E-state index contributed by atoms with van der Waals surface area (Å²) in [5.74, 6) is 0.865. The molecule has 24 heavy (non-hydrogen) atoms. The van der Waals surface area contributed by atoms with Gasteiger partial charge in [-0.05, 0) is 58.3 Å². The molecule has 4 nitrogen and oxygen atoms in total. The van der Waals surface area contributed by atoms with E-state index in [1.807, 2.05) is 25.7 Å². The lowest BCUT2D eigenvalue weighted by atomic mass is 9.59. The number of likely N-dealkylation sites (tertiary alicyclic amines) is 1. The normalized spacial score (nSPS) is 24.0. The summed E-state index contributed by atoms with van der Waals surface area (Å²) in [4.78, 5) is 14.2. The SMILES string of the molecule is CC(C)C(O)C1(C2CCCCC2)CCN(C(=O)OC(C)(C)C)CC1. The van der Waals surface area contributed by atoms with Gasteiger partial charge in [-0.3, -0.25) is 0 Å². The van der Waals surface area contributed by atoms with Crippen molar-refractivity contribution in [3.8, 4) is 0 Å². The molecule has 140 valence electrons. The molecule has 2 fully saturated rings. The second kappa shape index (κ2) is 7.63. The fourth-order valence-electron chi connectivity index (χ4n) is 4.72. The van der Waals surface area contributed by atoms with Gasteiger partial charge >= 0.3 is 6.09 Å². The number of nitrogens with zero attached hydrogens (tertiary/aromatic N) is 1. The van der Waals surface area contributed by atoms with Crippen LogP contribution < -0.4 is 0 Å². The molecular formula is C20H37NO3. The van der Waals surface area contributed by atoms with Crippen LogP contribution in [0.3, 0.4) is 0 Å². The Bertz CT molecular complexity index is 413. The molecule has 1 unspecified atom stereocenters. The summed E-state index contributed by atoms with van der Waals surface area (Å²) in [6, 6.07) is 0. The third-order valence-corrected chi connectivity index (χ3v) is 5.98. The van der Waals surface area contributed by atoms with Gasteiger partial charge in [0.05, 0.1) is 6.10 Å². The fraction of sp³-hybridized carbons (Fsp3) is 0.950. The van der Waals surface area contributed by atoms with E-state index < -0.39 is 5.60 Å². The predicted octanol–water partition coefficient (Wildman–Crippen LogP) is 4.60. The smallest absolute Gasteiger partial charge is 0.410 e. The average Bonchev–Trinajstić information content (AvgIpc) is 2.53. The Labute approximate surface area is 147 Å². The van der Waals surface area contributed by atoms with E-state index in [1.54, 1.807) is 0 Å². The Kier molecular flexibility index (Phi) is 6.22. The quantitative estimate of drug-likeness (QED) is 0.817. The summed E-state index contributed by atoms with van der Waals surface area (Å²) in [5, 5.41) is 11.0. The lowest BCUT2D eigenvalue weighted by Crippen LogP contribution is -2.54. The molecule has 0 bridgehead atoms. The fourth-order valence-corrected chi connectivity index (χ4v) is 4.72. The highest BCUT2D eigenvalue weighted by Gasteiger charge is 2.48. The molecule has 0 aromatic rings. The Morgan fingerprint density at radius 3 is 2.12 bits per heavy atom. The van der Waals surface area contributed by atoms with Crippen LogP contribution in [0.5, 0.6) is 0 Å². The Balaban J connectivity index is 2.08. The first-order valence-corrected chi connectivity index (χ1v) is 9.82. The highest BCUT2D eigenvalue weighted by Crippen LogP contribution is 2.49. The number of aliphatic hydroxyl groups is 1. The van der Waals surface area contributed by atoms with E-state index in [4.69, 9.17) is 4.74 Å². The molecule has 0 radical (unpaired) electrons. The number of amides is 1. The molecule has 1 aliphatic heterocycles. The van der Waals surface area contributed by atoms with Gasteiger partial charge in [-0.25, -0.2) is 4.79 Å². The Morgan fingerprint density at radius 1 is 1.12 bits per heavy atom. The molecule has 4 heteroatoms. The predicted molar refractivity (Wildman–Crippen MR) is 96.9 cm³/mol. The van der Waals surface area contributed by atoms with Crippen molar-refractivity contribution in [2.45, 2.75) is 91.3 Å². The van der Waals surface area contributed by atoms with E-state index in [0.29, 0.717) is 19.0 Å². The molecule has 1 N–H and O–H groups in total. The number of hydrogen-bond acceptors (Lipinski definition) is 3. The van der Waals surface area contributed by atoms with Gasteiger partial charge in [0.2, 0.25) is 0 Å². The number of ether oxygens (including phenoxy) is 1. The molecule has 0 spiro atoms. The lowest BCUT2D eigenvalue weighted by molar-refractivity contribution is -0.0941. The van der Waals surface area contributed by atoms with Gasteiger partial charge in [-0.1, -0.05) is 33.1 Å². The lowest BCUT2D eigenvalue weighted by Gasteiger charge is -2.51. The minimum atomic E-state index is -0.452. The molecule has 0 aromatic heterocycles.